The first kappa shape index (κ1) is 22.9. The number of benzene rings is 2. The summed E-state index contributed by atoms with van der Waals surface area (Å²) in [6, 6.07) is 16.6. The minimum atomic E-state index is -0.482. The van der Waals surface area contributed by atoms with Crippen molar-refractivity contribution in [2.75, 3.05) is 31.1 Å². The SMILES string of the molecule is Cl.Fc1ccccc1C(c1nnnn1Cc1ccco1)N1CCN(c2ccccc2F)CC1. The second-order valence-electron chi connectivity index (χ2n) is 7.67. The first-order valence-electron chi connectivity index (χ1n) is 10.5. The standard InChI is InChI=1S/C23H22F2N6O.ClH/c24-19-8-2-1-7-18(19)22(23-26-27-28-31(23)16-17-6-5-15-32-17)30-13-11-29(12-14-30)21-10-4-3-9-20(21)25;/h1-10,15,22H,11-14,16H2;1H. The minimum Gasteiger partial charge on any atom is -0.467 e. The van der Waals surface area contributed by atoms with Gasteiger partial charge < -0.3 is 9.32 Å². The molecule has 0 spiro atoms. The highest BCUT2D eigenvalue weighted by atomic mass is 35.5. The number of halogens is 3. The zero-order chi connectivity index (χ0) is 21.9. The molecule has 10 heteroatoms. The summed E-state index contributed by atoms with van der Waals surface area (Å²) in [6.45, 7) is 2.74. The molecule has 0 radical (unpaired) electrons. The fourth-order valence-corrected chi connectivity index (χ4v) is 4.20. The van der Waals surface area contributed by atoms with Gasteiger partial charge in [-0.3, -0.25) is 4.90 Å². The third kappa shape index (κ3) is 4.74. The summed E-state index contributed by atoms with van der Waals surface area (Å²) in [5, 5.41) is 12.2. The summed E-state index contributed by atoms with van der Waals surface area (Å²) < 4.78 is 36.3. The van der Waals surface area contributed by atoms with E-state index in [0.29, 0.717) is 55.6 Å². The summed E-state index contributed by atoms with van der Waals surface area (Å²) in [6.07, 6.45) is 1.59. The molecular weight excluding hydrogens is 450 g/mol. The molecule has 172 valence electrons. The van der Waals surface area contributed by atoms with Crippen LogP contribution in [0.15, 0.2) is 71.3 Å². The lowest BCUT2D eigenvalue weighted by Gasteiger charge is -2.40. The van der Waals surface area contributed by atoms with E-state index in [9.17, 15) is 8.78 Å². The van der Waals surface area contributed by atoms with E-state index < -0.39 is 6.04 Å². The maximum Gasteiger partial charge on any atom is 0.173 e. The van der Waals surface area contributed by atoms with Gasteiger partial charge >= 0.3 is 0 Å². The molecule has 0 bridgehead atoms. The molecule has 0 amide bonds. The van der Waals surface area contributed by atoms with Crippen molar-refractivity contribution in [2.45, 2.75) is 12.6 Å². The molecule has 5 rings (SSSR count). The van der Waals surface area contributed by atoms with Crippen molar-refractivity contribution in [2.24, 2.45) is 0 Å². The number of tetrazole rings is 1. The molecule has 2 aromatic carbocycles. The van der Waals surface area contributed by atoms with Crippen LogP contribution in [-0.2, 0) is 6.54 Å². The normalized spacial score (nSPS) is 15.3. The van der Waals surface area contributed by atoms with E-state index in [4.69, 9.17) is 4.42 Å². The first-order chi connectivity index (χ1) is 15.7. The molecule has 3 heterocycles. The molecule has 0 aliphatic carbocycles. The van der Waals surface area contributed by atoms with Gasteiger partial charge in [0, 0.05) is 31.7 Å². The summed E-state index contributed by atoms with van der Waals surface area (Å²) in [4.78, 5) is 4.15. The summed E-state index contributed by atoms with van der Waals surface area (Å²) >= 11 is 0. The van der Waals surface area contributed by atoms with Crippen LogP contribution < -0.4 is 4.90 Å². The molecule has 0 saturated carbocycles. The average molecular weight is 473 g/mol. The second kappa shape index (κ2) is 10.1. The Hall–Kier alpha value is -3.30. The molecule has 1 aliphatic heterocycles. The quantitative estimate of drug-likeness (QED) is 0.424. The van der Waals surface area contributed by atoms with Crippen LogP contribution in [0.1, 0.15) is 23.2 Å². The van der Waals surface area contributed by atoms with E-state index in [1.54, 1.807) is 41.3 Å². The third-order valence-electron chi connectivity index (χ3n) is 5.76. The van der Waals surface area contributed by atoms with Crippen LogP contribution in [0.2, 0.25) is 0 Å². The summed E-state index contributed by atoms with van der Waals surface area (Å²) in [5.41, 5.74) is 1.08. The molecular formula is C23H23ClF2N6O. The number of rotatable bonds is 6. The van der Waals surface area contributed by atoms with Crippen molar-refractivity contribution < 1.29 is 13.2 Å². The number of hydrogen-bond donors (Lipinski definition) is 0. The number of nitrogens with zero attached hydrogens (tertiary/aromatic N) is 6. The number of hydrogen-bond acceptors (Lipinski definition) is 6. The molecule has 0 N–H and O–H groups in total. The van der Waals surface area contributed by atoms with Crippen LogP contribution in [0, 0.1) is 11.6 Å². The molecule has 7 nitrogen and oxygen atoms in total. The maximum atomic E-state index is 14.9. The van der Waals surface area contributed by atoms with Gasteiger partial charge in [0.05, 0.1) is 12.0 Å². The van der Waals surface area contributed by atoms with Crippen molar-refractivity contribution in [1.29, 1.82) is 0 Å². The molecule has 33 heavy (non-hydrogen) atoms. The molecule has 1 aliphatic rings. The maximum absolute atomic E-state index is 14.9. The van der Waals surface area contributed by atoms with Gasteiger partial charge in [-0.25, -0.2) is 13.5 Å². The van der Waals surface area contributed by atoms with E-state index >= 15 is 0 Å². The van der Waals surface area contributed by atoms with Gasteiger partial charge in [-0.2, -0.15) is 0 Å². The van der Waals surface area contributed by atoms with Gasteiger partial charge in [0.25, 0.3) is 0 Å². The lowest BCUT2D eigenvalue weighted by Crippen LogP contribution is -2.48. The Balaban J connectivity index is 0.00000259. The average Bonchev–Trinajstić information content (AvgIpc) is 3.49. The van der Waals surface area contributed by atoms with Gasteiger partial charge in [0.1, 0.15) is 30.0 Å². The Morgan fingerprint density at radius 1 is 0.879 bits per heavy atom. The Morgan fingerprint density at radius 3 is 2.30 bits per heavy atom. The summed E-state index contributed by atoms with van der Waals surface area (Å²) in [5.74, 6) is 0.677. The molecule has 1 atom stereocenters. The van der Waals surface area contributed by atoms with E-state index in [0.717, 1.165) is 0 Å². The number of furan rings is 1. The van der Waals surface area contributed by atoms with E-state index in [1.165, 1.54) is 12.1 Å². The van der Waals surface area contributed by atoms with E-state index in [2.05, 4.69) is 20.4 Å². The van der Waals surface area contributed by atoms with Gasteiger partial charge in [-0.15, -0.1) is 17.5 Å². The topological polar surface area (TPSA) is 63.2 Å². The van der Waals surface area contributed by atoms with Gasteiger partial charge in [-0.05, 0) is 40.8 Å². The smallest absolute Gasteiger partial charge is 0.173 e. The zero-order valence-corrected chi connectivity index (χ0v) is 18.5. The van der Waals surface area contributed by atoms with Gasteiger partial charge in [0.15, 0.2) is 5.82 Å². The van der Waals surface area contributed by atoms with Gasteiger partial charge in [-0.1, -0.05) is 30.3 Å². The first-order valence-corrected chi connectivity index (χ1v) is 10.5. The van der Waals surface area contributed by atoms with E-state index in [-0.39, 0.29) is 24.0 Å². The van der Waals surface area contributed by atoms with Crippen LogP contribution in [0.4, 0.5) is 14.5 Å². The van der Waals surface area contributed by atoms with Crippen LogP contribution in [0.3, 0.4) is 0 Å². The number of aromatic nitrogens is 4. The fraction of sp³-hybridized carbons (Fsp3) is 0.261. The molecule has 4 aromatic rings. The minimum absolute atomic E-state index is 0. The highest BCUT2D eigenvalue weighted by molar-refractivity contribution is 5.85. The van der Waals surface area contributed by atoms with Crippen molar-refractivity contribution in [1.82, 2.24) is 25.1 Å². The Labute approximate surface area is 196 Å². The Kier molecular flexibility index (Phi) is 7.00. The zero-order valence-electron chi connectivity index (χ0n) is 17.7. The van der Waals surface area contributed by atoms with Crippen molar-refractivity contribution in [3.8, 4) is 0 Å². The number of anilines is 1. The fourth-order valence-electron chi connectivity index (χ4n) is 4.20. The predicted molar refractivity (Wildman–Crippen MR) is 121 cm³/mol. The third-order valence-corrected chi connectivity index (χ3v) is 5.76. The lowest BCUT2D eigenvalue weighted by molar-refractivity contribution is 0.197. The monoisotopic (exact) mass is 472 g/mol. The lowest BCUT2D eigenvalue weighted by atomic mass is 10.0. The van der Waals surface area contributed by atoms with E-state index in [1.807, 2.05) is 23.1 Å². The highest BCUT2D eigenvalue weighted by Gasteiger charge is 2.32. The van der Waals surface area contributed by atoms with Crippen molar-refractivity contribution in [3.05, 3.63) is 95.7 Å². The predicted octanol–water partition coefficient (Wildman–Crippen LogP) is 3.93. The molecule has 1 saturated heterocycles. The van der Waals surface area contributed by atoms with Crippen LogP contribution in [0.25, 0.3) is 0 Å². The number of para-hydroxylation sites is 1. The number of piperazine rings is 1. The van der Waals surface area contributed by atoms with Crippen LogP contribution in [-0.4, -0.2) is 51.3 Å². The van der Waals surface area contributed by atoms with Crippen molar-refractivity contribution >= 4 is 18.1 Å². The van der Waals surface area contributed by atoms with Crippen LogP contribution >= 0.6 is 12.4 Å². The largest absolute Gasteiger partial charge is 0.467 e. The molecule has 1 unspecified atom stereocenters. The Morgan fingerprint density at radius 2 is 1.61 bits per heavy atom. The highest BCUT2D eigenvalue weighted by Crippen LogP contribution is 2.31. The Bertz CT molecular complexity index is 1180. The van der Waals surface area contributed by atoms with Crippen LogP contribution in [0.5, 0.6) is 0 Å². The molecule has 2 aromatic heterocycles. The van der Waals surface area contributed by atoms with Gasteiger partial charge in [0.2, 0.25) is 0 Å². The summed E-state index contributed by atoms with van der Waals surface area (Å²) in [7, 11) is 0. The molecule has 1 fully saturated rings. The second-order valence-corrected chi connectivity index (χ2v) is 7.67. The van der Waals surface area contributed by atoms with Crippen molar-refractivity contribution in [3.63, 3.8) is 0 Å².